The third-order valence-corrected chi connectivity index (χ3v) is 5.71. The van der Waals surface area contributed by atoms with Crippen LogP contribution in [0, 0.1) is 0 Å². The molecule has 2 heterocycles. The lowest BCUT2D eigenvalue weighted by Crippen LogP contribution is -2.30. The lowest BCUT2D eigenvalue weighted by Gasteiger charge is -2.13. The van der Waals surface area contributed by atoms with Crippen LogP contribution in [0.3, 0.4) is 0 Å². The maximum absolute atomic E-state index is 13.0. The number of carbonyl (C=O) groups is 3. The van der Waals surface area contributed by atoms with Crippen molar-refractivity contribution in [1.29, 1.82) is 0 Å². The quantitative estimate of drug-likeness (QED) is 0.377. The minimum absolute atomic E-state index is 0.185. The molecule has 2 amide bonds. The molecule has 0 saturated carbocycles. The number of ether oxygens (including phenoxy) is 1. The van der Waals surface area contributed by atoms with Crippen molar-refractivity contribution in [1.82, 2.24) is 9.78 Å². The molecule has 4 aromatic rings. The van der Waals surface area contributed by atoms with Crippen molar-refractivity contribution < 1.29 is 19.1 Å². The molecule has 2 aromatic heterocycles. The van der Waals surface area contributed by atoms with Crippen molar-refractivity contribution in [2.45, 2.75) is 20.0 Å². The lowest BCUT2D eigenvalue weighted by molar-refractivity contribution is -0.123. The molecule has 34 heavy (non-hydrogen) atoms. The number of para-hydroxylation sites is 1. The van der Waals surface area contributed by atoms with E-state index in [1.807, 2.05) is 47.8 Å². The molecule has 0 bridgehead atoms. The van der Waals surface area contributed by atoms with E-state index < -0.39 is 18.0 Å². The summed E-state index contributed by atoms with van der Waals surface area (Å²) in [4.78, 5) is 37.6. The smallest absolute Gasteiger partial charge is 0.342 e. The van der Waals surface area contributed by atoms with Gasteiger partial charge < -0.3 is 15.4 Å². The molecule has 9 heteroatoms. The molecule has 2 N–H and O–H groups in total. The number of rotatable bonds is 7. The second-order valence-corrected chi connectivity index (χ2v) is 8.39. The zero-order valence-electron chi connectivity index (χ0n) is 18.5. The Hall–Kier alpha value is -4.24. The molecule has 0 aliphatic heterocycles. The van der Waals surface area contributed by atoms with Crippen molar-refractivity contribution in [2.24, 2.45) is 0 Å². The average Bonchev–Trinajstić information content (AvgIpc) is 3.50. The lowest BCUT2D eigenvalue weighted by atomic mass is 10.2. The van der Waals surface area contributed by atoms with Crippen LogP contribution in [-0.4, -0.2) is 33.7 Å². The summed E-state index contributed by atoms with van der Waals surface area (Å²) in [5.41, 5.74) is 2.68. The van der Waals surface area contributed by atoms with Gasteiger partial charge in [0.1, 0.15) is 11.3 Å². The van der Waals surface area contributed by atoms with Gasteiger partial charge in [0.05, 0.1) is 10.6 Å². The molecule has 1 atom stereocenters. The number of aromatic nitrogens is 2. The summed E-state index contributed by atoms with van der Waals surface area (Å²) in [6.45, 7) is 2.92. The van der Waals surface area contributed by atoms with Crippen LogP contribution in [0.4, 0.5) is 11.4 Å². The fourth-order valence-electron chi connectivity index (χ4n) is 3.19. The molecule has 8 nitrogen and oxygen atoms in total. The van der Waals surface area contributed by atoms with Gasteiger partial charge in [0.25, 0.3) is 5.91 Å². The number of hydrogen-bond acceptors (Lipinski definition) is 6. The van der Waals surface area contributed by atoms with Crippen molar-refractivity contribution in [2.75, 3.05) is 10.6 Å². The number of carbonyl (C=O) groups excluding carboxylic acids is 3. The second kappa shape index (κ2) is 10.1. The van der Waals surface area contributed by atoms with E-state index >= 15 is 0 Å². The predicted octanol–water partition coefficient (Wildman–Crippen LogP) is 4.74. The molecule has 4 rings (SSSR count). The van der Waals surface area contributed by atoms with Crippen molar-refractivity contribution in [3.8, 4) is 16.3 Å². The maximum atomic E-state index is 13.0. The van der Waals surface area contributed by atoms with Gasteiger partial charge in [0.2, 0.25) is 5.91 Å². The number of esters is 1. The Bertz CT molecular complexity index is 1300. The van der Waals surface area contributed by atoms with Gasteiger partial charge in [-0.3, -0.25) is 9.59 Å². The highest BCUT2D eigenvalue weighted by atomic mass is 32.1. The van der Waals surface area contributed by atoms with E-state index in [1.54, 1.807) is 35.1 Å². The van der Waals surface area contributed by atoms with Crippen molar-refractivity contribution in [3.63, 3.8) is 0 Å². The Morgan fingerprint density at radius 1 is 0.941 bits per heavy atom. The maximum Gasteiger partial charge on any atom is 0.342 e. The van der Waals surface area contributed by atoms with Crippen LogP contribution in [0.1, 0.15) is 24.2 Å². The van der Waals surface area contributed by atoms with Crippen LogP contribution in [0.25, 0.3) is 16.3 Å². The number of thiophene rings is 1. The normalized spacial score (nSPS) is 11.5. The number of hydrogen-bond donors (Lipinski definition) is 2. The van der Waals surface area contributed by atoms with Gasteiger partial charge >= 0.3 is 5.97 Å². The Morgan fingerprint density at radius 2 is 1.62 bits per heavy atom. The molecule has 0 radical (unpaired) electrons. The monoisotopic (exact) mass is 474 g/mol. The summed E-state index contributed by atoms with van der Waals surface area (Å²) in [6, 6.07) is 19.8. The Labute approximate surface area is 200 Å². The number of benzene rings is 2. The predicted molar refractivity (Wildman–Crippen MR) is 131 cm³/mol. The fourth-order valence-corrected chi connectivity index (χ4v) is 3.92. The van der Waals surface area contributed by atoms with E-state index in [2.05, 4.69) is 15.7 Å². The molecular formula is C25H22N4O4S. The molecule has 0 aliphatic carbocycles. The van der Waals surface area contributed by atoms with Gasteiger partial charge in [-0.1, -0.05) is 24.3 Å². The van der Waals surface area contributed by atoms with Crippen LogP contribution in [0.15, 0.2) is 78.3 Å². The Balaban J connectivity index is 1.48. The molecular weight excluding hydrogens is 452 g/mol. The van der Waals surface area contributed by atoms with Gasteiger partial charge in [0, 0.05) is 24.5 Å². The number of nitrogens with one attached hydrogen (secondary N) is 2. The summed E-state index contributed by atoms with van der Waals surface area (Å²) >= 11 is 1.46. The Morgan fingerprint density at radius 3 is 2.24 bits per heavy atom. The first-order valence-electron chi connectivity index (χ1n) is 10.5. The molecule has 0 fully saturated rings. The summed E-state index contributed by atoms with van der Waals surface area (Å²) in [7, 11) is 0. The second-order valence-electron chi connectivity index (χ2n) is 7.44. The molecule has 1 unspecified atom stereocenters. The van der Waals surface area contributed by atoms with Gasteiger partial charge in [-0.2, -0.15) is 5.10 Å². The molecule has 0 saturated heterocycles. The van der Waals surface area contributed by atoms with E-state index in [-0.39, 0.29) is 11.5 Å². The summed E-state index contributed by atoms with van der Waals surface area (Å²) in [5.74, 6) is -1.31. The molecule has 2 aromatic carbocycles. The van der Waals surface area contributed by atoms with Crippen LogP contribution in [-0.2, 0) is 14.3 Å². The van der Waals surface area contributed by atoms with Gasteiger partial charge in [-0.15, -0.1) is 11.3 Å². The van der Waals surface area contributed by atoms with E-state index in [4.69, 9.17) is 4.74 Å². The van der Waals surface area contributed by atoms with E-state index in [1.165, 1.54) is 25.2 Å². The summed E-state index contributed by atoms with van der Waals surface area (Å²) < 4.78 is 7.10. The third kappa shape index (κ3) is 5.38. The minimum atomic E-state index is -1.04. The van der Waals surface area contributed by atoms with Gasteiger partial charge in [-0.05, 0) is 54.8 Å². The zero-order chi connectivity index (χ0) is 24.1. The summed E-state index contributed by atoms with van der Waals surface area (Å²) in [5, 5.41) is 11.8. The highest BCUT2D eigenvalue weighted by Gasteiger charge is 2.25. The van der Waals surface area contributed by atoms with Crippen LogP contribution in [0.2, 0.25) is 0 Å². The Kier molecular flexibility index (Phi) is 6.84. The van der Waals surface area contributed by atoms with E-state index in [0.29, 0.717) is 17.1 Å². The highest BCUT2D eigenvalue weighted by molar-refractivity contribution is 7.13. The molecule has 0 aliphatic rings. The van der Waals surface area contributed by atoms with Crippen LogP contribution >= 0.6 is 11.3 Å². The van der Waals surface area contributed by atoms with Crippen LogP contribution < -0.4 is 10.6 Å². The minimum Gasteiger partial charge on any atom is -0.449 e. The highest BCUT2D eigenvalue weighted by Crippen LogP contribution is 2.28. The van der Waals surface area contributed by atoms with E-state index in [9.17, 15) is 14.4 Å². The third-order valence-electron chi connectivity index (χ3n) is 4.84. The first kappa shape index (κ1) is 22.9. The first-order chi connectivity index (χ1) is 16.4. The number of nitrogens with zero attached hydrogens (tertiary/aromatic N) is 2. The fraction of sp³-hybridized carbons (Fsp3) is 0.120. The molecule has 0 spiro atoms. The average molecular weight is 475 g/mol. The van der Waals surface area contributed by atoms with E-state index in [0.717, 1.165) is 10.6 Å². The van der Waals surface area contributed by atoms with Gasteiger partial charge in [0.15, 0.2) is 6.10 Å². The standard InChI is InChI=1S/C25H22N4O4S/c1-16(24(31)27-19-12-10-18(11-13-19)26-17(2)30)33-25(32)21-15-29(20-7-4-3-5-8-20)28-23(21)22-9-6-14-34-22/h3-16H,1-2H3,(H,26,30)(H,27,31). The number of anilines is 2. The van der Waals surface area contributed by atoms with Gasteiger partial charge in [-0.25, -0.2) is 9.48 Å². The SMILES string of the molecule is CC(=O)Nc1ccc(NC(=O)C(C)OC(=O)c2cn(-c3ccccc3)nc2-c2cccs2)cc1. The molecule has 172 valence electrons. The summed E-state index contributed by atoms with van der Waals surface area (Å²) in [6.07, 6.45) is 0.566. The topological polar surface area (TPSA) is 102 Å². The van der Waals surface area contributed by atoms with Crippen LogP contribution in [0.5, 0.6) is 0 Å². The number of amides is 2. The van der Waals surface area contributed by atoms with Crippen molar-refractivity contribution >= 4 is 40.5 Å². The first-order valence-corrected chi connectivity index (χ1v) is 11.4. The zero-order valence-corrected chi connectivity index (χ0v) is 19.3. The van der Waals surface area contributed by atoms with Crippen molar-refractivity contribution in [3.05, 3.63) is 83.9 Å². The largest absolute Gasteiger partial charge is 0.449 e.